The van der Waals surface area contributed by atoms with Crippen LogP contribution in [-0.4, -0.2) is 60.9 Å². The van der Waals surface area contributed by atoms with Gasteiger partial charge in [-0.1, -0.05) is 39.0 Å². The fraction of sp³-hybridized carbons (Fsp3) is 0.385. The summed E-state index contributed by atoms with van der Waals surface area (Å²) >= 11 is 0. The Kier molecular flexibility index (Phi) is 6.15. The van der Waals surface area contributed by atoms with Gasteiger partial charge in [0, 0.05) is 35.8 Å². The number of β-amino-alcohol motifs (C(OH)–C–C–N with tert-alkyl or cyclic N) is 1. The van der Waals surface area contributed by atoms with Gasteiger partial charge < -0.3 is 10.4 Å². The van der Waals surface area contributed by atoms with E-state index in [0.717, 1.165) is 5.39 Å². The minimum Gasteiger partial charge on any atom is -0.392 e. The van der Waals surface area contributed by atoms with E-state index in [4.69, 9.17) is 0 Å². The first-order chi connectivity index (χ1) is 17.4. The number of amides is 1. The number of hydrogen-bond acceptors (Lipinski definition) is 6. The highest BCUT2D eigenvalue weighted by molar-refractivity contribution is 5.96. The maximum Gasteiger partial charge on any atom is 0.408 e. The molecule has 1 saturated heterocycles. The van der Waals surface area contributed by atoms with Crippen molar-refractivity contribution >= 4 is 28.1 Å². The number of fused-ring (bicyclic) bond motifs is 2. The average molecular weight is 513 g/mol. The van der Waals surface area contributed by atoms with E-state index >= 15 is 0 Å². The highest BCUT2D eigenvalue weighted by Crippen LogP contribution is 2.39. The molecule has 1 aliphatic heterocycles. The van der Waals surface area contributed by atoms with Gasteiger partial charge in [0.25, 0.3) is 0 Å². The molecule has 2 atom stereocenters. The molecule has 4 heterocycles. The third-order valence-corrected chi connectivity index (χ3v) is 6.47. The minimum absolute atomic E-state index is 0.0307. The number of aromatic nitrogens is 4. The van der Waals surface area contributed by atoms with Crippen LogP contribution in [0.3, 0.4) is 0 Å². The quantitative estimate of drug-likeness (QED) is 0.415. The second-order valence-electron chi connectivity index (χ2n) is 10.4. The molecule has 0 saturated carbocycles. The Morgan fingerprint density at radius 1 is 1.11 bits per heavy atom. The largest absolute Gasteiger partial charge is 0.408 e. The normalized spacial score (nSPS) is 18.0. The number of alkyl halides is 3. The summed E-state index contributed by atoms with van der Waals surface area (Å²) in [6.07, 6.45) is -3.62. The molecular formula is C26H27F3N6O2. The van der Waals surface area contributed by atoms with Gasteiger partial charge in [-0.25, -0.2) is 4.98 Å². The molecule has 0 unspecified atom stereocenters. The molecule has 8 nitrogen and oxygen atoms in total. The molecular weight excluding hydrogens is 485 g/mol. The lowest BCUT2D eigenvalue weighted by Gasteiger charge is -2.29. The molecule has 0 spiro atoms. The van der Waals surface area contributed by atoms with Crippen LogP contribution in [0.25, 0.3) is 28.1 Å². The number of nitrogens with one attached hydrogen (secondary N) is 1. The lowest BCUT2D eigenvalue weighted by atomic mass is 9.95. The summed E-state index contributed by atoms with van der Waals surface area (Å²) in [7, 11) is 0. The minimum atomic E-state index is -4.53. The number of anilines is 1. The van der Waals surface area contributed by atoms with E-state index in [0.29, 0.717) is 34.8 Å². The number of hydrogen-bond donors (Lipinski definition) is 2. The number of aliphatic hydroxyl groups excluding tert-OH is 1. The zero-order valence-electron chi connectivity index (χ0n) is 20.6. The maximum atomic E-state index is 14.1. The lowest BCUT2D eigenvalue weighted by Crippen LogP contribution is -2.37. The number of carbonyl (C=O) groups excluding carboxylic acids is 1. The summed E-state index contributed by atoms with van der Waals surface area (Å²) in [5.41, 5.74) is 1.46. The van der Waals surface area contributed by atoms with Crippen molar-refractivity contribution in [2.24, 2.45) is 5.41 Å². The van der Waals surface area contributed by atoms with Crippen LogP contribution in [0.1, 0.15) is 38.8 Å². The number of halogens is 3. The first-order valence-electron chi connectivity index (χ1n) is 12.0. The lowest BCUT2D eigenvalue weighted by molar-refractivity contribution is -0.184. The maximum absolute atomic E-state index is 14.1. The van der Waals surface area contributed by atoms with Gasteiger partial charge in [-0.05, 0) is 36.2 Å². The first-order valence-corrected chi connectivity index (χ1v) is 12.0. The molecule has 0 aliphatic carbocycles. The number of aliphatic hydroxyl groups is 1. The molecule has 4 aromatic rings. The van der Waals surface area contributed by atoms with Crippen molar-refractivity contribution in [3.8, 4) is 11.5 Å². The van der Waals surface area contributed by atoms with Gasteiger partial charge in [0.1, 0.15) is 11.7 Å². The number of benzene rings is 1. The zero-order chi connectivity index (χ0) is 26.5. The van der Waals surface area contributed by atoms with Crippen LogP contribution in [0.4, 0.5) is 18.9 Å². The smallest absolute Gasteiger partial charge is 0.392 e. The van der Waals surface area contributed by atoms with Crippen molar-refractivity contribution < 1.29 is 23.1 Å². The van der Waals surface area contributed by atoms with Gasteiger partial charge >= 0.3 is 6.18 Å². The molecule has 5 rings (SSSR count). The highest BCUT2D eigenvalue weighted by atomic mass is 19.4. The Morgan fingerprint density at radius 3 is 2.54 bits per heavy atom. The van der Waals surface area contributed by atoms with Crippen molar-refractivity contribution in [3.63, 3.8) is 0 Å². The van der Waals surface area contributed by atoms with Crippen LogP contribution >= 0.6 is 0 Å². The summed E-state index contributed by atoms with van der Waals surface area (Å²) in [6, 6.07) is 9.98. The topological polar surface area (TPSA) is 95.7 Å². The Hall–Kier alpha value is -3.57. The molecule has 11 heteroatoms. The second kappa shape index (κ2) is 9.07. The van der Waals surface area contributed by atoms with Crippen LogP contribution in [0, 0.1) is 5.41 Å². The Labute approximate surface area is 211 Å². The summed E-state index contributed by atoms with van der Waals surface area (Å²) in [5, 5.41) is 21.8. The van der Waals surface area contributed by atoms with E-state index in [2.05, 4.69) is 20.5 Å². The van der Waals surface area contributed by atoms with Crippen molar-refractivity contribution in [2.45, 2.75) is 45.5 Å². The number of rotatable bonds is 4. The molecule has 1 amide bonds. The van der Waals surface area contributed by atoms with Gasteiger partial charge in [0.2, 0.25) is 5.91 Å². The van der Waals surface area contributed by atoms with E-state index < -0.39 is 23.7 Å². The van der Waals surface area contributed by atoms with Crippen molar-refractivity contribution in [3.05, 3.63) is 54.2 Å². The average Bonchev–Trinajstić information content (AvgIpc) is 3.43. The molecule has 194 valence electrons. The summed E-state index contributed by atoms with van der Waals surface area (Å²) in [6.45, 7) is 5.56. The second-order valence-corrected chi connectivity index (χ2v) is 10.4. The third kappa shape index (κ3) is 5.01. The fourth-order valence-electron chi connectivity index (χ4n) is 4.49. The van der Waals surface area contributed by atoms with Crippen molar-refractivity contribution in [2.75, 3.05) is 18.4 Å². The molecule has 37 heavy (non-hydrogen) atoms. The molecule has 3 aromatic heterocycles. The Bertz CT molecular complexity index is 1480. The SMILES string of the molecule is CC(C)(C)C(=O)Nc1ccc2ccc(-c3nnc4ccc([C@@H](N5CC[C@H](O)C5)C(F)(F)F)cn34)nc2c1. The number of carbonyl (C=O) groups is 1. The highest BCUT2D eigenvalue weighted by Gasteiger charge is 2.46. The van der Waals surface area contributed by atoms with Crippen LogP contribution in [0.2, 0.25) is 0 Å². The monoisotopic (exact) mass is 512 g/mol. The number of likely N-dealkylation sites (tertiary alicyclic amines) is 1. The number of nitrogens with zero attached hydrogens (tertiary/aromatic N) is 5. The van der Waals surface area contributed by atoms with Crippen LogP contribution in [-0.2, 0) is 4.79 Å². The van der Waals surface area contributed by atoms with Gasteiger partial charge in [-0.3, -0.25) is 14.1 Å². The predicted molar refractivity (Wildman–Crippen MR) is 133 cm³/mol. The van der Waals surface area contributed by atoms with Crippen molar-refractivity contribution in [1.82, 2.24) is 24.5 Å². The standard InChI is InChI=1S/C26H27F3N6O2/c1-25(2,3)24(37)30-17-7-4-15-5-8-19(31-20(15)12-17)23-33-32-21-9-6-16(13-35(21)23)22(26(27,28)29)34-11-10-18(36)14-34/h4-9,12-13,18,22,36H,10-11,14H2,1-3H3,(H,30,37)/t18-,22+/m0/s1. The van der Waals surface area contributed by atoms with Crippen molar-refractivity contribution in [1.29, 1.82) is 0 Å². The van der Waals surface area contributed by atoms with Gasteiger partial charge in [-0.2, -0.15) is 13.2 Å². The van der Waals surface area contributed by atoms with Crippen LogP contribution < -0.4 is 5.32 Å². The zero-order valence-corrected chi connectivity index (χ0v) is 20.6. The third-order valence-electron chi connectivity index (χ3n) is 6.47. The molecule has 1 aliphatic rings. The van der Waals surface area contributed by atoms with Crippen LogP contribution in [0.5, 0.6) is 0 Å². The van der Waals surface area contributed by atoms with E-state index in [1.165, 1.54) is 27.6 Å². The van der Waals surface area contributed by atoms with Gasteiger partial charge in [-0.15, -0.1) is 10.2 Å². The van der Waals surface area contributed by atoms with Gasteiger partial charge in [0.05, 0.1) is 11.6 Å². The molecule has 2 N–H and O–H groups in total. The fourth-order valence-corrected chi connectivity index (χ4v) is 4.49. The van der Waals surface area contributed by atoms with E-state index in [-0.39, 0.29) is 24.6 Å². The van der Waals surface area contributed by atoms with E-state index in [1.54, 1.807) is 18.2 Å². The first kappa shape index (κ1) is 25.1. The van der Waals surface area contributed by atoms with E-state index in [9.17, 15) is 23.1 Å². The summed E-state index contributed by atoms with van der Waals surface area (Å²) in [5.74, 6) is 0.161. The molecule has 1 aromatic carbocycles. The predicted octanol–water partition coefficient (Wildman–Crippen LogP) is 4.60. The number of pyridine rings is 2. The Balaban J connectivity index is 1.53. The molecule has 0 bridgehead atoms. The van der Waals surface area contributed by atoms with E-state index in [1.807, 2.05) is 32.9 Å². The van der Waals surface area contributed by atoms with Gasteiger partial charge in [0.15, 0.2) is 11.5 Å². The Morgan fingerprint density at radius 2 is 1.86 bits per heavy atom. The summed E-state index contributed by atoms with van der Waals surface area (Å²) < 4.78 is 43.8. The van der Waals surface area contributed by atoms with Crippen LogP contribution in [0.15, 0.2) is 48.7 Å². The summed E-state index contributed by atoms with van der Waals surface area (Å²) in [4.78, 5) is 18.3. The molecule has 1 fully saturated rings. The molecule has 0 radical (unpaired) electrons.